The lowest BCUT2D eigenvalue weighted by Gasteiger charge is -2.32. The van der Waals surface area contributed by atoms with Gasteiger partial charge in [0.2, 0.25) is 5.91 Å². The number of piperidine rings is 1. The van der Waals surface area contributed by atoms with E-state index in [1.807, 2.05) is 0 Å². The van der Waals surface area contributed by atoms with Gasteiger partial charge in [-0.05, 0) is 68.1 Å². The average Bonchev–Trinajstić information content (AvgIpc) is 2.82. The lowest BCUT2D eigenvalue weighted by atomic mass is 10.0. The van der Waals surface area contributed by atoms with Crippen molar-refractivity contribution in [3.63, 3.8) is 0 Å². The molecule has 0 spiro atoms. The van der Waals surface area contributed by atoms with Gasteiger partial charge in [0, 0.05) is 37.4 Å². The van der Waals surface area contributed by atoms with E-state index < -0.39 is 0 Å². The minimum absolute atomic E-state index is 0.126. The Labute approximate surface area is 231 Å². The number of hydrogen-bond acceptors (Lipinski definition) is 4. The summed E-state index contributed by atoms with van der Waals surface area (Å²) in [5.74, 6) is -0.130. The Morgan fingerprint density at radius 1 is 0.972 bits per heavy atom. The van der Waals surface area contributed by atoms with E-state index in [4.69, 9.17) is 46.4 Å². The zero-order valence-electron chi connectivity index (χ0n) is 19.7. The fourth-order valence-corrected chi connectivity index (χ4v) is 4.65. The van der Waals surface area contributed by atoms with Gasteiger partial charge in [0.05, 0.1) is 10.0 Å². The molecule has 3 amide bonds. The number of hydrogen-bond donors (Lipinski definition) is 3. The van der Waals surface area contributed by atoms with Gasteiger partial charge in [0.1, 0.15) is 10.3 Å². The van der Waals surface area contributed by atoms with Crippen LogP contribution < -0.4 is 16.0 Å². The molecule has 0 radical (unpaired) electrons. The second kappa shape index (κ2) is 14.6. The molecule has 0 saturated carbocycles. The minimum Gasteiger partial charge on any atom is -0.353 e. The molecule has 0 aliphatic carbocycles. The summed E-state index contributed by atoms with van der Waals surface area (Å²) >= 11 is 23.6. The fraction of sp³-hybridized carbons (Fsp3) is 0.400. The molecule has 1 aromatic carbocycles. The third kappa shape index (κ3) is 10.1. The third-order valence-electron chi connectivity index (χ3n) is 5.76. The minimum atomic E-state index is -0.277. The molecule has 194 valence electrons. The van der Waals surface area contributed by atoms with E-state index in [2.05, 4.69) is 25.8 Å². The van der Waals surface area contributed by atoms with Crippen LogP contribution in [0.5, 0.6) is 0 Å². The topological polar surface area (TPSA) is 86.4 Å². The average molecular weight is 573 g/mol. The number of aromatic nitrogens is 1. The number of benzene rings is 1. The highest BCUT2D eigenvalue weighted by atomic mass is 35.5. The molecule has 36 heavy (non-hydrogen) atoms. The summed E-state index contributed by atoms with van der Waals surface area (Å²) in [5.41, 5.74) is 1.33. The maximum atomic E-state index is 12.3. The maximum absolute atomic E-state index is 12.3. The smallest absolute Gasteiger partial charge is 0.319 e. The van der Waals surface area contributed by atoms with E-state index in [0.717, 1.165) is 57.3 Å². The zero-order chi connectivity index (χ0) is 25.9. The largest absolute Gasteiger partial charge is 0.353 e. The van der Waals surface area contributed by atoms with Gasteiger partial charge in [-0.15, -0.1) is 0 Å². The Morgan fingerprint density at radius 3 is 2.39 bits per heavy atom. The highest BCUT2D eigenvalue weighted by Gasteiger charge is 2.20. The number of halogens is 4. The van der Waals surface area contributed by atoms with Crippen LogP contribution in [0.4, 0.5) is 10.5 Å². The Hall–Kier alpha value is -2.03. The molecule has 3 rings (SSSR count). The summed E-state index contributed by atoms with van der Waals surface area (Å²) < 4.78 is 0. The van der Waals surface area contributed by atoms with Crippen LogP contribution in [0.15, 0.2) is 36.4 Å². The van der Waals surface area contributed by atoms with Crippen molar-refractivity contribution < 1.29 is 9.59 Å². The van der Waals surface area contributed by atoms with Crippen molar-refractivity contribution in [1.82, 2.24) is 20.5 Å². The first-order valence-corrected chi connectivity index (χ1v) is 13.3. The van der Waals surface area contributed by atoms with Crippen LogP contribution in [0, 0.1) is 0 Å². The van der Waals surface area contributed by atoms with Crippen molar-refractivity contribution >= 4 is 70.1 Å². The molecule has 0 atom stereocenters. The van der Waals surface area contributed by atoms with Gasteiger partial charge < -0.3 is 20.9 Å². The zero-order valence-corrected chi connectivity index (χ0v) is 22.7. The summed E-state index contributed by atoms with van der Waals surface area (Å²) in [5, 5.41) is 10.1. The molecule has 1 saturated heterocycles. The first kappa shape index (κ1) is 28.5. The van der Waals surface area contributed by atoms with Crippen LogP contribution in [0.25, 0.3) is 6.08 Å². The fourth-order valence-electron chi connectivity index (χ4n) is 3.89. The van der Waals surface area contributed by atoms with Crippen molar-refractivity contribution in [3.8, 4) is 0 Å². The SMILES string of the molecule is O=C(/C=C/c1ccc(Cl)c(Cl)c1)NCCCCCN1CCC(NC(=O)Nc2cc(Cl)nc(Cl)c2)CC1. The Bertz CT molecular complexity index is 1050. The van der Waals surface area contributed by atoms with Crippen LogP contribution >= 0.6 is 46.4 Å². The summed E-state index contributed by atoms with van der Waals surface area (Å²) in [4.78, 5) is 30.5. The van der Waals surface area contributed by atoms with Gasteiger partial charge in [0.15, 0.2) is 0 Å². The Morgan fingerprint density at radius 2 is 1.69 bits per heavy atom. The maximum Gasteiger partial charge on any atom is 0.319 e. The normalized spacial score (nSPS) is 14.7. The van der Waals surface area contributed by atoms with Crippen LogP contribution in [0.3, 0.4) is 0 Å². The lowest BCUT2D eigenvalue weighted by molar-refractivity contribution is -0.116. The van der Waals surface area contributed by atoms with Crippen molar-refractivity contribution in [2.45, 2.75) is 38.1 Å². The Balaban J connectivity index is 1.23. The predicted octanol–water partition coefficient (Wildman–Crippen LogP) is 6.28. The quantitative estimate of drug-likeness (QED) is 0.178. The van der Waals surface area contributed by atoms with Crippen molar-refractivity contribution in [2.75, 3.05) is 31.5 Å². The molecule has 1 aromatic heterocycles. The van der Waals surface area contributed by atoms with E-state index >= 15 is 0 Å². The second-order valence-corrected chi connectivity index (χ2v) is 10.2. The van der Waals surface area contributed by atoms with Crippen molar-refractivity contribution in [1.29, 1.82) is 0 Å². The van der Waals surface area contributed by atoms with E-state index in [-0.39, 0.29) is 28.3 Å². The van der Waals surface area contributed by atoms with Crippen LogP contribution in [-0.4, -0.2) is 54.0 Å². The second-order valence-electron chi connectivity index (χ2n) is 8.57. The number of likely N-dealkylation sites (tertiary alicyclic amines) is 1. The summed E-state index contributed by atoms with van der Waals surface area (Å²) in [7, 11) is 0. The predicted molar refractivity (Wildman–Crippen MR) is 148 cm³/mol. The molecule has 1 aliphatic heterocycles. The number of urea groups is 1. The number of nitrogens with zero attached hydrogens (tertiary/aromatic N) is 2. The van der Waals surface area contributed by atoms with Gasteiger partial charge in [0.25, 0.3) is 0 Å². The Kier molecular flexibility index (Phi) is 11.6. The molecule has 11 heteroatoms. The molecule has 1 fully saturated rings. The van der Waals surface area contributed by atoms with E-state index in [1.165, 1.54) is 6.08 Å². The van der Waals surface area contributed by atoms with Gasteiger partial charge in [-0.25, -0.2) is 9.78 Å². The van der Waals surface area contributed by atoms with Gasteiger partial charge in [-0.1, -0.05) is 58.9 Å². The van der Waals surface area contributed by atoms with Crippen LogP contribution in [0.2, 0.25) is 20.4 Å². The number of nitrogens with one attached hydrogen (secondary N) is 3. The molecular weight excluding hydrogens is 544 g/mol. The van der Waals surface area contributed by atoms with E-state index in [0.29, 0.717) is 22.3 Å². The monoisotopic (exact) mass is 571 g/mol. The molecule has 3 N–H and O–H groups in total. The number of amides is 3. The summed E-state index contributed by atoms with van der Waals surface area (Å²) in [6, 6.07) is 8.18. The van der Waals surface area contributed by atoms with Crippen LogP contribution in [-0.2, 0) is 4.79 Å². The van der Waals surface area contributed by atoms with E-state index in [1.54, 1.807) is 36.4 Å². The number of carbonyl (C=O) groups excluding carboxylic acids is 2. The first-order chi connectivity index (χ1) is 17.3. The highest BCUT2D eigenvalue weighted by molar-refractivity contribution is 6.42. The molecule has 2 aromatic rings. The number of unbranched alkanes of at least 4 members (excludes halogenated alkanes) is 2. The molecule has 7 nitrogen and oxygen atoms in total. The molecule has 0 bridgehead atoms. The van der Waals surface area contributed by atoms with Gasteiger partial charge in [-0.3, -0.25) is 4.79 Å². The first-order valence-electron chi connectivity index (χ1n) is 11.8. The number of rotatable bonds is 10. The number of anilines is 1. The van der Waals surface area contributed by atoms with Gasteiger partial charge >= 0.3 is 6.03 Å². The number of pyridine rings is 1. The van der Waals surface area contributed by atoms with Crippen molar-refractivity contribution in [2.24, 2.45) is 0 Å². The summed E-state index contributed by atoms with van der Waals surface area (Å²) in [6.45, 7) is 3.53. The lowest BCUT2D eigenvalue weighted by Crippen LogP contribution is -2.46. The standard InChI is InChI=1S/C25H29Cl4N5O2/c26-20-6-4-17(14-21(20)27)5-7-24(35)30-10-2-1-3-11-34-12-8-18(9-13-34)31-25(36)32-19-15-22(28)33-23(29)16-19/h4-7,14-16,18H,1-3,8-13H2,(H,30,35)(H2,31,32,33,36)/b7-5+. The molecule has 1 aliphatic rings. The molecular formula is C25H29Cl4N5O2. The number of carbonyl (C=O) groups is 2. The molecule has 2 heterocycles. The van der Waals surface area contributed by atoms with Crippen molar-refractivity contribution in [3.05, 3.63) is 62.3 Å². The molecule has 0 unspecified atom stereocenters. The van der Waals surface area contributed by atoms with Gasteiger partial charge in [-0.2, -0.15) is 0 Å². The van der Waals surface area contributed by atoms with E-state index in [9.17, 15) is 9.59 Å². The highest BCUT2D eigenvalue weighted by Crippen LogP contribution is 2.23. The third-order valence-corrected chi connectivity index (χ3v) is 6.89. The van der Waals surface area contributed by atoms with Crippen LogP contribution in [0.1, 0.15) is 37.7 Å². The summed E-state index contributed by atoms with van der Waals surface area (Å²) in [6.07, 6.45) is 8.03.